The molecule has 1 saturated carbocycles. The van der Waals surface area contributed by atoms with Crippen molar-refractivity contribution in [3.63, 3.8) is 0 Å². The Morgan fingerprint density at radius 3 is 2.65 bits per heavy atom. The molecular weight excluding hydrogens is 216 g/mol. The summed E-state index contributed by atoms with van der Waals surface area (Å²) in [7, 11) is 0. The van der Waals surface area contributed by atoms with Crippen molar-refractivity contribution >= 4 is 6.09 Å². The zero-order chi connectivity index (χ0) is 12.1. The molecule has 0 aromatic heterocycles. The first-order chi connectivity index (χ1) is 8.24. The maximum atomic E-state index is 11.5. The number of amides is 1. The molecule has 0 heterocycles. The molecule has 0 bridgehead atoms. The van der Waals surface area contributed by atoms with Gasteiger partial charge in [0.2, 0.25) is 0 Å². The first-order valence-electron chi connectivity index (χ1n) is 5.95. The van der Waals surface area contributed by atoms with Crippen LogP contribution in [0.3, 0.4) is 0 Å². The molecule has 1 fully saturated rings. The van der Waals surface area contributed by atoms with Gasteiger partial charge in [0.05, 0.1) is 0 Å². The number of hydrogen-bond acceptors (Lipinski definition) is 3. The highest BCUT2D eigenvalue weighted by atomic mass is 16.6. The Kier molecular flexibility index (Phi) is 3.64. The molecule has 1 amide bonds. The van der Waals surface area contributed by atoms with Crippen LogP contribution >= 0.6 is 0 Å². The van der Waals surface area contributed by atoms with Gasteiger partial charge in [-0.25, -0.2) is 4.79 Å². The van der Waals surface area contributed by atoms with Crippen LogP contribution in [0.2, 0.25) is 0 Å². The smallest absolute Gasteiger partial charge is 0.410 e. The van der Waals surface area contributed by atoms with Crippen molar-refractivity contribution in [2.45, 2.75) is 19.3 Å². The molecule has 1 aromatic rings. The van der Waals surface area contributed by atoms with Gasteiger partial charge in [0.15, 0.2) is 0 Å². The maximum absolute atomic E-state index is 11.5. The second kappa shape index (κ2) is 5.19. The Morgan fingerprint density at radius 2 is 2.06 bits per heavy atom. The van der Waals surface area contributed by atoms with Gasteiger partial charge in [-0.2, -0.15) is 0 Å². The van der Waals surface area contributed by atoms with Gasteiger partial charge in [0, 0.05) is 6.54 Å². The second-order valence-electron chi connectivity index (χ2n) is 4.59. The Bertz CT molecular complexity index is 374. The molecule has 0 radical (unpaired) electrons. The van der Waals surface area contributed by atoms with Crippen molar-refractivity contribution in [1.82, 2.24) is 5.32 Å². The quantitative estimate of drug-likeness (QED) is 0.818. The summed E-state index contributed by atoms with van der Waals surface area (Å²) in [4.78, 5) is 11.5. The van der Waals surface area contributed by atoms with Crippen LogP contribution in [0.5, 0.6) is 5.75 Å². The molecule has 17 heavy (non-hydrogen) atoms. The fourth-order valence-corrected chi connectivity index (χ4v) is 1.89. The second-order valence-corrected chi connectivity index (χ2v) is 4.59. The van der Waals surface area contributed by atoms with E-state index in [9.17, 15) is 4.79 Å². The van der Waals surface area contributed by atoms with Crippen LogP contribution in [0.1, 0.15) is 19.3 Å². The lowest BCUT2D eigenvalue weighted by Gasteiger charge is -2.14. The number of para-hydroxylation sites is 1. The van der Waals surface area contributed by atoms with Gasteiger partial charge in [-0.15, -0.1) is 0 Å². The van der Waals surface area contributed by atoms with Gasteiger partial charge in [0.1, 0.15) is 5.75 Å². The monoisotopic (exact) mass is 234 g/mol. The third-order valence-electron chi connectivity index (χ3n) is 3.19. The topological polar surface area (TPSA) is 64.3 Å². The molecule has 4 nitrogen and oxygen atoms in total. The van der Waals surface area contributed by atoms with Gasteiger partial charge in [-0.3, -0.25) is 0 Å². The van der Waals surface area contributed by atoms with Crippen LogP contribution in [0, 0.1) is 5.41 Å². The normalized spacial score (nSPS) is 16.3. The van der Waals surface area contributed by atoms with Crippen LogP contribution in [0.4, 0.5) is 4.79 Å². The Hall–Kier alpha value is -1.55. The third kappa shape index (κ3) is 3.46. The molecule has 3 N–H and O–H groups in total. The minimum Gasteiger partial charge on any atom is -0.410 e. The van der Waals surface area contributed by atoms with E-state index in [-0.39, 0.29) is 11.5 Å². The van der Waals surface area contributed by atoms with Gasteiger partial charge in [0.25, 0.3) is 0 Å². The lowest BCUT2D eigenvalue weighted by molar-refractivity contribution is 0.197. The van der Waals surface area contributed by atoms with Crippen molar-refractivity contribution < 1.29 is 9.53 Å². The van der Waals surface area contributed by atoms with E-state index in [0.29, 0.717) is 18.8 Å². The van der Waals surface area contributed by atoms with Crippen LogP contribution in [-0.2, 0) is 0 Å². The summed E-state index contributed by atoms with van der Waals surface area (Å²) in [5, 5.41) is 2.80. The van der Waals surface area contributed by atoms with Crippen molar-refractivity contribution in [2.24, 2.45) is 11.1 Å². The van der Waals surface area contributed by atoms with E-state index in [4.69, 9.17) is 10.5 Å². The zero-order valence-corrected chi connectivity index (χ0v) is 9.82. The Morgan fingerprint density at radius 1 is 1.35 bits per heavy atom. The van der Waals surface area contributed by atoms with Crippen LogP contribution in [0.25, 0.3) is 0 Å². The van der Waals surface area contributed by atoms with E-state index >= 15 is 0 Å². The molecule has 4 heteroatoms. The third-order valence-corrected chi connectivity index (χ3v) is 3.19. The van der Waals surface area contributed by atoms with E-state index in [1.54, 1.807) is 12.1 Å². The fraction of sp³-hybridized carbons (Fsp3) is 0.462. The Balaban J connectivity index is 1.75. The molecule has 92 valence electrons. The summed E-state index contributed by atoms with van der Waals surface area (Å²) in [5.74, 6) is 0.564. The van der Waals surface area contributed by atoms with E-state index in [1.165, 1.54) is 0 Å². The number of nitrogens with one attached hydrogen (secondary N) is 1. The predicted molar refractivity (Wildman–Crippen MR) is 65.8 cm³/mol. The van der Waals surface area contributed by atoms with Gasteiger partial charge in [-0.05, 0) is 43.4 Å². The molecule has 1 aromatic carbocycles. The number of carbonyl (C=O) groups excluding carboxylic acids is 1. The first kappa shape index (κ1) is 11.9. The van der Waals surface area contributed by atoms with E-state index in [1.807, 2.05) is 18.2 Å². The standard InChI is InChI=1S/C13H18N2O2/c14-9-8-13(6-7-13)10-15-12(16)17-11-4-2-1-3-5-11/h1-5H,6-10,14H2,(H,15,16). The molecule has 1 aliphatic carbocycles. The highest BCUT2D eigenvalue weighted by molar-refractivity contribution is 5.70. The summed E-state index contributed by atoms with van der Waals surface area (Å²) < 4.78 is 5.13. The molecule has 1 aliphatic rings. The van der Waals surface area contributed by atoms with E-state index in [2.05, 4.69) is 5.32 Å². The number of carbonyl (C=O) groups is 1. The molecule has 0 atom stereocenters. The van der Waals surface area contributed by atoms with Crippen molar-refractivity contribution in [1.29, 1.82) is 0 Å². The number of benzene rings is 1. The van der Waals surface area contributed by atoms with Crippen molar-refractivity contribution in [3.8, 4) is 5.75 Å². The highest BCUT2D eigenvalue weighted by Gasteiger charge is 2.41. The lowest BCUT2D eigenvalue weighted by atomic mass is 10.0. The number of nitrogens with two attached hydrogens (primary N) is 1. The number of hydrogen-bond donors (Lipinski definition) is 2. The maximum Gasteiger partial charge on any atom is 0.412 e. The number of rotatable bonds is 5. The minimum atomic E-state index is -0.389. The predicted octanol–water partition coefficient (Wildman–Crippen LogP) is 1.90. The molecule has 2 rings (SSSR count). The molecule has 0 aliphatic heterocycles. The first-order valence-corrected chi connectivity index (χ1v) is 5.95. The van der Waals surface area contributed by atoms with Crippen molar-refractivity contribution in [2.75, 3.05) is 13.1 Å². The summed E-state index contributed by atoms with van der Waals surface area (Å²) in [6.45, 7) is 1.34. The van der Waals surface area contributed by atoms with Crippen LogP contribution in [0.15, 0.2) is 30.3 Å². The van der Waals surface area contributed by atoms with Crippen LogP contribution in [-0.4, -0.2) is 19.2 Å². The van der Waals surface area contributed by atoms with Crippen LogP contribution < -0.4 is 15.8 Å². The van der Waals surface area contributed by atoms with Gasteiger partial charge < -0.3 is 15.8 Å². The zero-order valence-electron chi connectivity index (χ0n) is 9.82. The minimum absolute atomic E-state index is 0.241. The molecule has 0 unspecified atom stereocenters. The fourth-order valence-electron chi connectivity index (χ4n) is 1.89. The Labute approximate surface area is 101 Å². The van der Waals surface area contributed by atoms with E-state index in [0.717, 1.165) is 19.3 Å². The SMILES string of the molecule is NCCC1(CNC(=O)Oc2ccccc2)CC1. The van der Waals surface area contributed by atoms with Gasteiger partial charge >= 0.3 is 6.09 Å². The molecular formula is C13H18N2O2. The average Bonchev–Trinajstić information content (AvgIpc) is 3.09. The summed E-state index contributed by atoms with van der Waals surface area (Å²) in [5.41, 5.74) is 5.78. The molecule has 0 saturated heterocycles. The molecule has 0 spiro atoms. The average molecular weight is 234 g/mol. The van der Waals surface area contributed by atoms with E-state index < -0.39 is 0 Å². The summed E-state index contributed by atoms with van der Waals surface area (Å²) >= 11 is 0. The summed E-state index contributed by atoms with van der Waals surface area (Å²) in [6, 6.07) is 9.06. The van der Waals surface area contributed by atoms with Crippen molar-refractivity contribution in [3.05, 3.63) is 30.3 Å². The largest absolute Gasteiger partial charge is 0.412 e. The lowest BCUT2D eigenvalue weighted by Crippen LogP contribution is -2.33. The summed E-state index contributed by atoms with van der Waals surface area (Å²) in [6.07, 6.45) is 2.88. The van der Waals surface area contributed by atoms with Gasteiger partial charge in [-0.1, -0.05) is 18.2 Å². The highest BCUT2D eigenvalue weighted by Crippen LogP contribution is 2.47. The number of ether oxygens (including phenoxy) is 1.